The molecule has 1 aliphatic rings. The smallest absolute Gasteiger partial charge is 0.155 e. The lowest BCUT2D eigenvalue weighted by Crippen LogP contribution is -2.32. The van der Waals surface area contributed by atoms with Crippen molar-refractivity contribution in [1.29, 1.82) is 5.26 Å². The maximum atomic E-state index is 9.20. The Balaban J connectivity index is 2.16. The van der Waals surface area contributed by atoms with Crippen molar-refractivity contribution in [1.82, 2.24) is 14.6 Å². The molecule has 0 bridgehead atoms. The Bertz CT molecular complexity index is 512. The molecule has 3 rings (SSSR count). The van der Waals surface area contributed by atoms with Crippen LogP contribution >= 0.6 is 0 Å². The van der Waals surface area contributed by atoms with Gasteiger partial charge in [-0.3, -0.25) is 0 Å². The van der Waals surface area contributed by atoms with E-state index in [1.165, 1.54) is 0 Å². The molecule has 0 N–H and O–H groups in total. The third-order valence-corrected chi connectivity index (χ3v) is 3.15. The van der Waals surface area contributed by atoms with Gasteiger partial charge in [-0.25, -0.2) is 9.50 Å². The summed E-state index contributed by atoms with van der Waals surface area (Å²) in [6.07, 6.45) is 6.56. The van der Waals surface area contributed by atoms with Crippen molar-refractivity contribution < 1.29 is 0 Å². The Labute approximate surface area is 87.2 Å². The molecule has 1 fully saturated rings. The maximum absolute atomic E-state index is 9.20. The number of nitrogens with zero attached hydrogens (tertiary/aromatic N) is 4. The average molecular weight is 198 g/mol. The van der Waals surface area contributed by atoms with Crippen LogP contribution in [0.1, 0.15) is 25.0 Å². The molecule has 74 valence electrons. The second-order valence-electron chi connectivity index (χ2n) is 4.00. The van der Waals surface area contributed by atoms with E-state index >= 15 is 0 Å². The fourth-order valence-corrected chi connectivity index (χ4v) is 2.02. The summed E-state index contributed by atoms with van der Waals surface area (Å²) in [5.41, 5.74) is 1.34. The number of nitriles is 1. The molecule has 0 saturated heterocycles. The van der Waals surface area contributed by atoms with Gasteiger partial charge in [0.05, 0.1) is 11.8 Å². The van der Waals surface area contributed by atoms with Crippen LogP contribution in [0.2, 0.25) is 0 Å². The second-order valence-corrected chi connectivity index (χ2v) is 4.00. The maximum Gasteiger partial charge on any atom is 0.155 e. The highest BCUT2D eigenvalue weighted by atomic mass is 15.2. The first kappa shape index (κ1) is 8.42. The number of aromatic nitrogens is 3. The highest BCUT2D eigenvalue weighted by Crippen LogP contribution is 2.42. The minimum atomic E-state index is -0.340. The molecule has 0 aromatic carbocycles. The lowest BCUT2D eigenvalue weighted by Gasteiger charge is -2.33. The standard InChI is InChI=1S/C11H10N4/c12-8-11(3-1-4-11)9-7-10-13-5-2-6-15(10)14-9/h2,5-7H,1,3-4H2. The Hall–Kier alpha value is -1.89. The van der Waals surface area contributed by atoms with Gasteiger partial charge in [-0.15, -0.1) is 0 Å². The van der Waals surface area contributed by atoms with Crippen LogP contribution in [0.15, 0.2) is 24.5 Å². The van der Waals surface area contributed by atoms with Gasteiger partial charge in [-0.2, -0.15) is 10.4 Å². The predicted molar refractivity (Wildman–Crippen MR) is 54.1 cm³/mol. The van der Waals surface area contributed by atoms with E-state index in [1.807, 2.05) is 18.3 Å². The quantitative estimate of drug-likeness (QED) is 0.700. The molecular weight excluding hydrogens is 188 g/mol. The van der Waals surface area contributed by atoms with Crippen LogP contribution in [-0.2, 0) is 5.41 Å². The third kappa shape index (κ3) is 1.06. The average Bonchev–Trinajstić information content (AvgIpc) is 2.60. The Morgan fingerprint density at radius 3 is 2.93 bits per heavy atom. The topological polar surface area (TPSA) is 54.0 Å². The van der Waals surface area contributed by atoms with Crippen LogP contribution in [0.4, 0.5) is 0 Å². The van der Waals surface area contributed by atoms with Crippen molar-refractivity contribution >= 4 is 5.65 Å². The molecule has 1 aliphatic carbocycles. The molecule has 15 heavy (non-hydrogen) atoms. The highest BCUT2D eigenvalue weighted by Gasteiger charge is 2.41. The summed E-state index contributed by atoms with van der Waals surface area (Å²) in [4.78, 5) is 4.20. The van der Waals surface area contributed by atoms with Crippen molar-refractivity contribution in [2.75, 3.05) is 0 Å². The molecule has 0 spiro atoms. The monoisotopic (exact) mass is 198 g/mol. The van der Waals surface area contributed by atoms with Gasteiger partial charge in [-0.05, 0) is 25.3 Å². The molecule has 0 unspecified atom stereocenters. The minimum absolute atomic E-state index is 0.340. The molecule has 1 saturated carbocycles. The van der Waals surface area contributed by atoms with Crippen molar-refractivity contribution in [3.63, 3.8) is 0 Å². The molecule has 0 aliphatic heterocycles. The lowest BCUT2D eigenvalue weighted by atomic mass is 9.68. The van der Waals surface area contributed by atoms with Gasteiger partial charge in [0.2, 0.25) is 0 Å². The molecular formula is C11H10N4. The van der Waals surface area contributed by atoms with Gasteiger partial charge in [0.25, 0.3) is 0 Å². The fourth-order valence-electron chi connectivity index (χ4n) is 2.02. The molecule has 2 aromatic rings. The minimum Gasteiger partial charge on any atom is -0.237 e. The summed E-state index contributed by atoms with van der Waals surface area (Å²) in [5.74, 6) is 0. The highest BCUT2D eigenvalue weighted by molar-refractivity contribution is 5.43. The van der Waals surface area contributed by atoms with Gasteiger partial charge in [0, 0.05) is 18.5 Å². The van der Waals surface area contributed by atoms with Crippen LogP contribution in [0.5, 0.6) is 0 Å². The third-order valence-electron chi connectivity index (χ3n) is 3.15. The SMILES string of the molecule is N#CC1(c2cc3ncccn3n2)CCC1. The van der Waals surface area contributed by atoms with Gasteiger partial charge in [0.1, 0.15) is 5.41 Å². The Morgan fingerprint density at radius 1 is 1.47 bits per heavy atom. The second kappa shape index (κ2) is 2.80. The van der Waals surface area contributed by atoms with Gasteiger partial charge < -0.3 is 0 Å². The lowest BCUT2D eigenvalue weighted by molar-refractivity contribution is 0.315. The summed E-state index contributed by atoms with van der Waals surface area (Å²) < 4.78 is 1.73. The summed E-state index contributed by atoms with van der Waals surface area (Å²) in [7, 11) is 0. The number of hydrogen-bond acceptors (Lipinski definition) is 3. The first-order valence-electron chi connectivity index (χ1n) is 5.06. The first-order chi connectivity index (χ1) is 7.34. The zero-order valence-electron chi connectivity index (χ0n) is 8.22. The molecule has 0 atom stereocenters. The largest absolute Gasteiger partial charge is 0.237 e. The van der Waals surface area contributed by atoms with Crippen molar-refractivity contribution in [2.24, 2.45) is 0 Å². The molecule has 0 radical (unpaired) electrons. The molecule has 4 nitrogen and oxygen atoms in total. The van der Waals surface area contributed by atoms with Gasteiger partial charge in [0.15, 0.2) is 5.65 Å². The predicted octanol–water partition coefficient (Wildman–Crippen LogP) is 1.67. The van der Waals surface area contributed by atoms with E-state index in [1.54, 1.807) is 10.7 Å². The van der Waals surface area contributed by atoms with Crippen molar-refractivity contribution in [3.05, 3.63) is 30.2 Å². The van der Waals surface area contributed by atoms with Crippen LogP contribution in [0.25, 0.3) is 5.65 Å². The van der Waals surface area contributed by atoms with E-state index in [0.29, 0.717) is 0 Å². The van der Waals surface area contributed by atoms with Gasteiger partial charge in [-0.1, -0.05) is 0 Å². The fraction of sp³-hybridized carbons (Fsp3) is 0.364. The van der Waals surface area contributed by atoms with E-state index in [0.717, 1.165) is 30.6 Å². The van der Waals surface area contributed by atoms with E-state index < -0.39 is 0 Å². The molecule has 4 heteroatoms. The number of fused-ring (bicyclic) bond motifs is 1. The summed E-state index contributed by atoms with van der Waals surface area (Å²) >= 11 is 0. The van der Waals surface area contributed by atoms with E-state index in [-0.39, 0.29) is 5.41 Å². The zero-order valence-corrected chi connectivity index (χ0v) is 8.22. The van der Waals surface area contributed by atoms with E-state index in [4.69, 9.17) is 0 Å². The number of rotatable bonds is 1. The van der Waals surface area contributed by atoms with Crippen LogP contribution in [-0.4, -0.2) is 14.6 Å². The molecule has 2 heterocycles. The van der Waals surface area contributed by atoms with Crippen molar-refractivity contribution in [3.8, 4) is 6.07 Å². The summed E-state index contributed by atoms with van der Waals surface area (Å²) in [5, 5.41) is 13.6. The van der Waals surface area contributed by atoms with Crippen LogP contribution in [0, 0.1) is 11.3 Å². The van der Waals surface area contributed by atoms with Gasteiger partial charge >= 0.3 is 0 Å². The van der Waals surface area contributed by atoms with Crippen molar-refractivity contribution in [2.45, 2.75) is 24.7 Å². The van der Waals surface area contributed by atoms with Crippen LogP contribution in [0.3, 0.4) is 0 Å². The normalized spacial score (nSPS) is 18.3. The summed E-state index contributed by atoms with van der Waals surface area (Å²) in [6.45, 7) is 0. The first-order valence-corrected chi connectivity index (χ1v) is 5.06. The Morgan fingerprint density at radius 2 is 2.33 bits per heavy atom. The summed E-state index contributed by atoms with van der Waals surface area (Å²) in [6, 6.07) is 6.14. The van der Waals surface area contributed by atoms with Crippen LogP contribution < -0.4 is 0 Å². The molecule has 2 aromatic heterocycles. The van der Waals surface area contributed by atoms with E-state index in [2.05, 4.69) is 16.2 Å². The van der Waals surface area contributed by atoms with E-state index in [9.17, 15) is 5.26 Å². The zero-order chi connectivity index (χ0) is 10.3. The number of hydrogen-bond donors (Lipinski definition) is 0. The molecule has 0 amide bonds. The Kier molecular flexibility index (Phi) is 1.57.